The lowest BCUT2D eigenvalue weighted by Gasteiger charge is -2.11. The van der Waals surface area contributed by atoms with Gasteiger partial charge in [-0.25, -0.2) is 13.6 Å². The van der Waals surface area contributed by atoms with E-state index >= 15 is 0 Å². The van der Waals surface area contributed by atoms with E-state index in [9.17, 15) is 23.5 Å². The molecule has 0 spiro atoms. The van der Waals surface area contributed by atoms with Crippen LogP contribution in [0.2, 0.25) is 0 Å². The summed E-state index contributed by atoms with van der Waals surface area (Å²) in [6.45, 7) is 0. The average Bonchev–Trinajstić information content (AvgIpc) is 2.96. The maximum absolute atomic E-state index is 14.3. The number of benzene rings is 1. The highest BCUT2D eigenvalue weighted by molar-refractivity contribution is 7.17. The first-order valence-electron chi connectivity index (χ1n) is 6.90. The molecule has 0 fully saturated rings. The van der Waals surface area contributed by atoms with Gasteiger partial charge in [0.1, 0.15) is 18.3 Å². The molecule has 7 heteroatoms. The third-order valence-corrected chi connectivity index (χ3v) is 4.42. The Morgan fingerprint density at radius 1 is 1.33 bits per heavy atom. The first-order chi connectivity index (χ1) is 11.5. The Morgan fingerprint density at radius 3 is 2.83 bits per heavy atom. The number of aliphatic carboxylic acids is 1. The van der Waals surface area contributed by atoms with E-state index in [1.54, 1.807) is 12.1 Å². The molecule has 1 aromatic heterocycles. The zero-order valence-electron chi connectivity index (χ0n) is 12.1. The summed E-state index contributed by atoms with van der Waals surface area (Å²) in [6.07, 6.45) is -0.413. The van der Waals surface area contributed by atoms with Crippen LogP contribution in [0.3, 0.4) is 0 Å². The highest BCUT2D eigenvalue weighted by Gasteiger charge is 2.24. The molecule has 0 radical (unpaired) electrons. The number of carbonyl (C=O) groups is 2. The van der Waals surface area contributed by atoms with Gasteiger partial charge in [0.2, 0.25) is 0 Å². The predicted molar refractivity (Wildman–Crippen MR) is 88.3 cm³/mol. The molecule has 1 atom stereocenters. The fourth-order valence-electron chi connectivity index (χ4n) is 2.34. The van der Waals surface area contributed by atoms with Crippen molar-refractivity contribution in [3.63, 3.8) is 0 Å². The third-order valence-electron chi connectivity index (χ3n) is 3.52. The average molecular weight is 347 g/mol. The van der Waals surface area contributed by atoms with Gasteiger partial charge < -0.3 is 10.4 Å². The molecule has 2 aromatic rings. The lowest BCUT2D eigenvalue weighted by atomic mass is 10.1. The summed E-state index contributed by atoms with van der Waals surface area (Å²) in [4.78, 5) is 22.3. The quantitative estimate of drug-likeness (QED) is 0.821. The Hall–Kier alpha value is -2.80. The molecule has 2 N–H and O–H groups in total. The Bertz CT molecular complexity index is 927. The molecule has 0 saturated carbocycles. The van der Waals surface area contributed by atoms with Gasteiger partial charge in [-0.1, -0.05) is 0 Å². The van der Waals surface area contributed by atoms with Crippen molar-refractivity contribution >= 4 is 39.4 Å². The van der Waals surface area contributed by atoms with E-state index in [1.807, 2.05) is 17.5 Å². The van der Waals surface area contributed by atoms with Gasteiger partial charge in [-0.3, -0.25) is 4.79 Å². The normalized spacial score (nSPS) is 18.0. The van der Waals surface area contributed by atoms with Gasteiger partial charge in [0.25, 0.3) is 0 Å². The SMILES string of the molecule is O=CC1=CC(C(=O)O)=C(Nc2ccc3sccc3c2)C(F)=CC1F. The van der Waals surface area contributed by atoms with Gasteiger partial charge in [0, 0.05) is 16.0 Å². The van der Waals surface area contributed by atoms with Crippen molar-refractivity contribution in [2.45, 2.75) is 6.17 Å². The second-order valence-corrected chi connectivity index (χ2v) is 6.02. The fraction of sp³-hybridized carbons (Fsp3) is 0.0588. The van der Waals surface area contributed by atoms with Gasteiger partial charge in [-0.2, -0.15) is 0 Å². The summed E-state index contributed by atoms with van der Waals surface area (Å²) in [6, 6.07) is 7.08. The van der Waals surface area contributed by atoms with Crippen molar-refractivity contribution in [3.05, 3.63) is 64.5 Å². The molecule has 3 rings (SSSR count). The molecule has 1 unspecified atom stereocenters. The van der Waals surface area contributed by atoms with E-state index in [0.29, 0.717) is 11.8 Å². The number of carbonyl (C=O) groups excluding carboxylic acids is 1. The lowest BCUT2D eigenvalue weighted by molar-refractivity contribution is -0.132. The van der Waals surface area contributed by atoms with Crippen molar-refractivity contribution in [2.24, 2.45) is 0 Å². The van der Waals surface area contributed by atoms with Gasteiger partial charge in [-0.05, 0) is 47.2 Å². The number of aldehydes is 1. The van der Waals surface area contributed by atoms with Crippen LogP contribution in [-0.2, 0) is 9.59 Å². The summed E-state index contributed by atoms with van der Waals surface area (Å²) >= 11 is 1.54. The zero-order valence-corrected chi connectivity index (χ0v) is 12.9. The van der Waals surface area contributed by atoms with E-state index in [0.717, 1.165) is 16.2 Å². The minimum absolute atomic E-state index is 0.178. The van der Waals surface area contributed by atoms with Gasteiger partial charge in [0.05, 0.1) is 11.3 Å². The van der Waals surface area contributed by atoms with Crippen LogP contribution in [0.1, 0.15) is 0 Å². The lowest BCUT2D eigenvalue weighted by Crippen LogP contribution is -2.10. The molecular weight excluding hydrogens is 336 g/mol. The number of anilines is 1. The molecule has 0 amide bonds. The van der Waals surface area contributed by atoms with Crippen LogP contribution in [0.25, 0.3) is 10.1 Å². The molecule has 4 nitrogen and oxygen atoms in total. The third kappa shape index (κ3) is 2.98. The number of carboxylic acids is 1. The summed E-state index contributed by atoms with van der Waals surface area (Å²) in [5, 5.41) is 14.8. The number of allylic oxidation sites excluding steroid dienone is 3. The number of hydrogen-bond acceptors (Lipinski definition) is 4. The maximum Gasteiger partial charge on any atom is 0.337 e. The monoisotopic (exact) mass is 347 g/mol. The second-order valence-electron chi connectivity index (χ2n) is 5.07. The van der Waals surface area contributed by atoms with Crippen LogP contribution in [0.5, 0.6) is 0 Å². The molecular formula is C17H11F2NO3S. The Kier molecular flexibility index (Phi) is 4.26. The summed E-state index contributed by atoms with van der Waals surface area (Å²) in [7, 11) is 0. The molecule has 1 aliphatic carbocycles. The molecule has 1 aromatic carbocycles. The summed E-state index contributed by atoms with van der Waals surface area (Å²) in [5.74, 6) is -2.54. The van der Waals surface area contributed by atoms with E-state index in [4.69, 9.17) is 0 Å². The number of hydrogen-bond donors (Lipinski definition) is 2. The summed E-state index contributed by atoms with van der Waals surface area (Å²) < 4.78 is 29.1. The van der Waals surface area contributed by atoms with Gasteiger partial charge in [0.15, 0.2) is 0 Å². The van der Waals surface area contributed by atoms with Gasteiger partial charge in [-0.15, -0.1) is 11.3 Å². The van der Waals surface area contributed by atoms with Crippen LogP contribution in [0.4, 0.5) is 14.5 Å². The van der Waals surface area contributed by atoms with Crippen LogP contribution >= 0.6 is 11.3 Å². The molecule has 0 bridgehead atoms. The number of alkyl halides is 1. The van der Waals surface area contributed by atoms with Crippen LogP contribution < -0.4 is 5.32 Å². The molecule has 0 saturated heterocycles. The standard InChI is InChI=1S/C17H11F2NO3S/c18-13-7-14(19)16(12(17(22)23)6-10(13)8-21)20-11-1-2-15-9(5-11)3-4-24-15/h1-8,13,20H,(H,22,23). The number of halogens is 2. The molecule has 0 aliphatic heterocycles. The first kappa shape index (κ1) is 16.1. The Labute approximate surface area is 139 Å². The molecule has 1 aliphatic rings. The van der Waals surface area contributed by atoms with Crippen LogP contribution in [0.15, 0.2) is 64.5 Å². The minimum Gasteiger partial charge on any atom is -0.478 e. The number of fused-ring (bicyclic) bond motifs is 1. The predicted octanol–water partition coefficient (Wildman–Crippen LogP) is 3.98. The molecule has 24 heavy (non-hydrogen) atoms. The molecule has 122 valence electrons. The highest BCUT2D eigenvalue weighted by atomic mass is 32.1. The Morgan fingerprint density at radius 2 is 2.12 bits per heavy atom. The number of rotatable bonds is 4. The molecule has 1 heterocycles. The number of nitrogens with one attached hydrogen (secondary N) is 1. The number of carboxylic acid groups (broad SMARTS) is 1. The second kappa shape index (κ2) is 6.37. The number of thiophene rings is 1. The fourth-order valence-corrected chi connectivity index (χ4v) is 3.11. The van der Waals surface area contributed by atoms with E-state index in [-0.39, 0.29) is 6.29 Å². The van der Waals surface area contributed by atoms with Crippen LogP contribution in [-0.4, -0.2) is 23.5 Å². The minimum atomic E-state index is -2.00. The van der Waals surface area contributed by atoms with Crippen molar-refractivity contribution < 1.29 is 23.5 Å². The Balaban J connectivity index is 2.09. The van der Waals surface area contributed by atoms with E-state index in [1.165, 1.54) is 11.3 Å². The highest BCUT2D eigenvalue weighted by Crippen LogP contribution is 2.29. The topological polar surface area (TPSA) is 66.4 Å². The van der Waals surface area contributed by atoms with E-state index < -0.39 is 34.8 Å². The van der Waals surface area contributed by atoms with Gasteiger partial charge >= 0.3 is 5.97 Å². The maximum atomic E-state index is 14.3. The summed E-state index contributed by atoms with van der Waals surface area (Å²) in [5.41, 5.74) is -0.905. The van der Waals surface area contributed by atoms with Crippen molar-refractivity contribution in [1.82, 2.24) is 0 Å². The van der Waals surface area contributed by atoms with Crippen molar-refractivity contribution in [2.75, 3.05) is 5.32 Å². The smallest absolute Gasteiger partial charge is 0.337 e. The van der Waals surface area contributed by atoms with Crippen molar-refractivity contribution in [3.8, 4) is 0 Å². The van der Waals surface area contributed by atoms with Crippen LogP contribution in [0, 0.1) is 0 Å². The largest absolute Gasteiger partial charge is 0.478 e. The van der Waals surface area contributed by atoms with Crippen molar-refractivity contribution in [1.29, 1.82) is 0 Å². The first-order valence-corrected chi connectivity index (χ1v) is 7.78. The van der Waals surface area contributed by atoms with E-state index in [2.05, 4.69) is 5.32 Å². The zero-order chi connectivity index (χ0) is 17.3.